The molecule has 0 radical (unpaired) electrons. The normalized spacial score (nSPS) is 10.4. The highest BCUT2D eigenvalue weighted by molar-refractivity contribution is 5.88. The van der Waals surface area contributed by atoms with Crippen LogP contribution in [0.3, 0.4) is 0 Å². The molecule has 0 bridgehead atoms. The summed E-state index contributed by atoms with van der Waals surface area (Å²) < 4.78 is 6.44. The van der Waals surface area contributed by atoms with Crippen molar-refractivity contribution in [3.63, 3.8) is 0 Å². The summed E-state index contributed by atoms with van der Waals surface area (Å²) in [5.74, 6) is -0.688. The molecule has 1 heterocycles. The van der Waals surface area contributed by atoms with Gasteiger partial charge in [-0.1, -0.05) is 19.1 Å². The van der Waals surface area contributed by atoms with Crippen molar-refractivity contribution in [3.8, 4) is 17.0 Å². The third-order valence-corrected chi connectivity index (χ3v) is 3.02. The number of nitrogens with zero attached hydrogens (tertiary/aromatic N) is 2. The summed E-state index contributed by atoms with van der Waals surface area (Å²) >= 11 is 0. The molecule has 21 heavy (non-hydrogen) atoms. The maximum Gasteiger partial charge on any atom is 0.341 e. The van der Waals surface area contributed by atoms with Gasteiger partial charge in [0.1, 0.15) is 11.3 Å². The number of para-hydroxylation sites is 1. The molecule has 1 aromatic heterocycles. The zero-order chi connectivity index (χ0) is 15.4. The van der Waals surface area contributed by atoms with Crippen molar-refractivity contribution in [3.05, 3.63) is 46.2 Å². The lowest BCUT2D eigenvalue weighted by Crippen LogP contribution is -2.29. The fraction of sp³-hybridized carbons (Fsp3) is 0.267. The van der Waals surface area contributed by atoms with Crippen LogP contribution in [0.1, 0.15) is 23.7 Å². The Morgan fingerprint density at radius 3 is 2.71 bits per heavy atom. The Morgan fingerprint density at radius 1 is 1.38 bits per heavy atom. The van der Waals surface area contributed by atoms with E-state index in [1.165, 1.54) is 17.9 Å². The predicted octanol–water partition coefficient (Wildman–Crippen LogP) is 2.03. The summed E-state index contributed by atoms with van der Waals surface area (Å²) in [4.78, 5) is 23.3. The SMILES string of the molecule is CCCn1nc(-c2ccccc2OC)cc(C(=O)O)c1=O. The highest BCUT2D eigenvalue weighted by Gasteiger charge is 2.16. The minimum atomic E-state index is -1.26. The molecule has 0 fully saturated rings. The molecule has 0 amide bonds. The van der Waals surface area contributed by atoms with Crippen LogP contribution in [0, 0.1) is 0 Å². The topological polar surface area (TPSA) is 81.4 Å². The van der Waals surface area contributed by atoms with Gasteiger partial charge in [-0.05, 0) is 24.6 Å². The van der Waals surface area contributed by atoms with Gasteiger partial charge in [0.15, 0.2) is 0 Å². The number of aromatic nitrogens is 2. The number of aromatic carboxylic acids is 1. The van der Waals surface area contributed by atoms with E-state index in [2.05, 4.69) is 5.10 Å². The molecule has 0 saturated carbocycles. The van der Waals surface area contributed by atoms with Gasteiger partial charge in [0.05, 0.1) is 12.8 Å². The number of carbonyl (C=O) groups is 1. The summed E-state index contributed by atoms with van der Waals surface area (Å²) in [6.45, 7) is 2.26. The Balaban J connectivity index is 2.69. The minimum absolute atomic E-state index is 0.292. The molecule has 0 aliphatic heterocycles. The van der Waals surface area contributed by atoms with Crippen LogP contribution < -0.4 is 10.3 Å². The van der Waals surface area contributed by atoms with E-state index < -0.39 is 11.5 Å². The molecule has 1 aromatic carbocycles. The molecule has 0 aliphatic carbocycles. The fourth-order valence-electron chi connectivity index (χ4n) is 2.05. The molecule has 1 N–H and O–H groups in total. The molecule has 0 aliphatic rings. The lowest BCUT2D eigenvalue weighted by Gasteiger charge is -2.11. The van der Waals surface area contributed by atoms with E-state index in [0.717, 1.165) is 0 Å². The van der Waals surface area contributed by atoms with Crippen LogP contribution in [-0.2, 0) is 6.54 Å². The number of carboxylic acid groups (broad SMARTS) is 1. The largest absolute Gasteiger partial charge is 0.496 e. The number of aryl methyl sites for hydroxylation is 1. The van der Waals surface area contributed by atoms with Crippen molar-refractivity contribution in [2.45, 2.75) is 19.9 Å². The third kappa shape index (κ3) is 2.94. The van der Waals surface area contributed by atoms with Gasteiger partial charge in [0.25, 0.3) is 5.56 Å². The molecule has 2 rings (SSSR count). The van der Waals surface area contributed by atoms with Gasteiger partial charge in [0, 0.05) is 12.1 Å². The molecule has 6 nitrogen and oxygen atoms in total. The smallest absolute Gasteiger partial charge is 0.341 e. The van der Waals surface area contributed by atoms with Crippen LogP contribution >= 0.6 is 0 Å². The third-order valence-electron chi connectivity index (χ3n) is 3.02. The second-order valence-electron chi connectivity index (χ2n) is 4.48. The summed E-state index contributed by atoms with van der Waals surface area (Å²) in [5, 5.41) is 13.4. The summed E-state index contributed by atoms with van der Waals surface area (Å²) in [6, 6.07) is 8.42. The monoisotopic (exact) mass is 288 g/mol. The fourth-order valence-corrected chi connectivity index (χ4v) is 2.05. The quantitative estimate of drug-likeness (QED) is 0.910. The zero-order valence-corrected chi connectivity index (χ0v) is 11.9. The average molecular weight is 288 g/mol. The lowest BCUT2D eigenvalue weighted by atomic mass is 10.1. The number of carboxylic acids is 1. The van der Waals surface area contributed by atoms with Crippen molar-refractivity contribution in [2.75, 3.05) is 7.11 Å². The predicted molar refractivity (Wildman–Crippen MR) is 77.7 cm³/mol. The van der Waals surface area contributed by atoms with E-state index in [9.17, 15) is 14.7 Å². The van der Waals surface area contributed by atoms with E-state index >= 15 is 0 Å². The minimum Gasteiger partial charge on any atom is -0.496 e. The van der Waals surface area contributed by atoms with Crippen molar-refractivity contribution >= 4 is 5.97 Å². The number of hydrogen-bond donors (Lipinski definition) is 1. The van der Waals surface area contributed by atoms with Crippen LogP contribution in [0.5, 0.6) is 5.75 Å². The summed E-state index contributed by atoms with van der Waals surface area (Å²) in [5.41, 5.74) is 0.160. The first kappa shape index (κ1) is 14.8. The second kappa shape index (κ2) is 6.21. The van der Waals surface area contributed by atoms with Crippen molar-refractivity contribution < 1.29 is 14.6 Å². The first-order chi connectivity index (χ1) is 10.1. The Labute approximate surface area is 121 Å². The zero-order valence-electron chi connectivity index (χ0n) is 11.9. The van der Waals surface area contributed by atoms with Crippen LogP contribution in [0.15, 0.2) is 35.1 Å². The van der Waals surface area contributed by atoms with E-state index in [-0.39, 0.29) is 5.56 Å². The first-order valence-corrected chi connectivity index (χ1v) is 6.57. The first-order valence-electron chi connectivity index (χ1n) is 6.57. The highest BCUT2D eigenvalue weighted by atomic mass is 16.5. The molecule has 2 aromatic rings. The summed E-state index contributed by atoms with van der Waals surface area (Å²) in [7, 11) is 1.53. The van der Waals surface area contributed by atoms with Crippen molar-refractivity contribution in [2.24, 2.45) is 0 Å². The van der Waals surface area contributed by atoms with E-state index in [0.29, 0.717) is 30.0 Å². The van der Waals surface area contributed by atoms with Crippen LogP contribution in [0.25, 0.3) is 11.3 Å². The number of rotatable bonds is 5. The van der Waals surface area contributed by atoms with Gasteiger partial charge < -0.3 is 9.84 Å². The van der Waals surface area contributed by atoms with Crippen molar-refractivity contribution in [1.82, 2.24) is 9.78 Å². The molecule has 110 valence electrons. The van der Waals surface area contributed by atoms with Gasteiger partial charge in [-0.3, -0.25) is 4.79 Å². The maximum absolute atomic E-state index is 12.0. The Kier molecular flexibility index (Phi) is 4.37. The standard InChI is InChI=1S/C15H16N2O4/c1-3-8-17-14(18)11(15(19)20)9-12(16-17)10-6-4-5-7-13(10)21-2/h4-7,9H,3,8H2,1-2H3,(H,19,20). The molecule has 6 heteroatoms. The Bertz CT molecular complexity index is 722. The van der Waals surface area contributed by atoms with Gasteiger partial charge in [-0.2, -0.15) is 5.10 Å². The average Bonchev–Trinajstić information content (AvgIpc) is 2.49. The van der Waals surface area contributed by atoms with Gasteiger partial charge in [-0.25, -0.2) is 9.48 Å². The van der Waals surface area contributed by atoms with Crippen molar-refractivity contribution in [1.29, 1.82) is 0 Å². The Morgan fingerprint density at radius 2 is 2.10 bits per heavy atom. The molecule has 0 atom stereocenters. The molecule has 0 saturated heterocycles. The Hall–Kier alpha value is -2.63. The molecular formula is C15H16N2O4. The number of ether oxygens (including phenoxy) is 1. The second-order valence-corrected chi connectivity index (χ2v) is 4.48. The van der Waals surface area contributed by atoms with E-state index in [4.69, 9.17) is 4.74 Å². The van der Waals surface area contributed by atoms with Gasteiger partial charge in [0.2, 0.25) is 0 Å². The maximum atomic E-state index is 12.0. The summed E-state index contributed by atoms with van der Waals surface area (Å²) in [6.07, 6.45) is 0.682. The number of hydrogen-bond acceptors (Lipinski definition) is 4. The van der Waals surface area contributed by atoms with Gasteiger partial charge >= 0.3 is 5.97 Å². The molecular weight excluding hydrogens is 272 g/mol. The van der Waals surface area contributed by atoms with Crippen LogP contribution in [0.2, 0.25) is 0 Å². The highest BCUT2D eigenvalue weighted by Crippen LogP contribution is 2.27. The number of benzene rings is 1. The molecule has 0 spiro atoms. The van der Waals surface area contributed by atoms with E-state index in [1.807, 2.05) is 13.0 Å². The van der Waals surface area contributed by atoms with Crippen LogP contribution in [0.4, 0.5) is 0 Å². The molecule has 0 unspecified atom stereocenters. The van der Waals surface area contributed by atoms with Gasteiger partial charge in [-0.15, -0.1) is 0 Å². The van der Waals surface area contributed by atoms with Crippen LogP contribution in [-0.4, -0.2) is 28.0 Å². The van der Waals surface area contributed by atoms with E-state index in [1.54, 1.807) is 18.2 Å². The number of methoxy groups -OCH3 is 1. The lowest BCUT2D eigenvalue weighted by molar-refractivity contribution is 0.0693.